The number of rotatable bonds is 4. The molecule has 0 spiro atoms. The van der Waals surface area contributed by atoms with Crippen molar-refractivity contribution in [3.8, 4) is 0 Å². The molecule has 1 aliphatic carbocycles. The molecule has 148 valence electrons. The molecule has 0 bridgehead atoms. The van der Waals surface area contributed by atoms with E-state index in [9.17, 15) is 9.59 Å². The van der Waals surface area contributed by atoms with Gasteiger partial charge < -0.3 is 20.3 Å². The predicted octanol–water partition coefficient (Wildman–Crippen LogP) is 2.40. The van der Waals surface area contributed by atoms with Crippen LogP contribution in [0.25, 0.3) is 0 Å². The van der Waals surface area contributed by atoms with Gasteiger partial charge in [-0.15, -0.1) is 0 Å². The Balaban J connectivity index is 1.50. The monoisotopic (exact) mass is 366 g/mol. The molecule has 1 saturated carbocycles. The quantitative estimate of drug-likeness (QED) is 0.828. The Kier molecular flexibility index (Phi) is 6.62. The minimum absolute atomic E-state index is 0.193. The van der Waals surface area contributed by atoms with E-state index in [1.54, 1.807) is 0 Å². The van der Waals surface area contributed by atoms with Crippen LogP contribution in [0.15, 0.2) is 0 Å². The van der Waals surface area contributed by atoms with Crippen LogP contribution in [0.3, 0.4) is 0 Å². The van der Waals surface area contributed by atoms with E-state index in [1.165, 1.54) is 19.3 Å². The third kappa shape index (κ3) is 4.42. The number of carbonyl (C=O) groups is 2. The van der Waals surface area contributed by atoms with Crippen LogP contribution in [0.5, 0.6) is 0 Å². The molecule has 0 radical (unpaired) electrons. The molecule has 1 unspecified atom stereocenters. The Morgan fingerprint density at radius 1 is 1.00 bits per heavy atom. The van der Waals surface area contributed by atoms with E-state index in [2.05, 4.69) is 4.90 Å². The summed E-state index contributed by atoms with van der Waals surface area (Å²) in [6, 6.07) is 0.778. The Hall–Kier alpha value is -1.50. The first-order valence-corrected chi connectivity index (χ1v) is 10.3. The Morgan fingerprint density at radius 3 is 2.27 bits per heavy atom. The summed E-state index contributed by atoms with van der Waals surface area (Å²) in [4.78, 5) is 30.3. The Bertz CT molecular complexity index is 487. The molecule has 26 heavy (non-hydrogen) atoms. The molecule has 7 nitrogen and oxygen atoms in total. The lowest BCUT2D eigenvalue weighted by Gasteiger charge is -2.44. The largest absolute Gasteiger partial charge is 0.450 e. The minimum Gasteiger partial charge on any atom is -0.450 e. The van der Waals surface area contributed by atoms with E-state index < -0.39 is 0 Å². The molecule has 2 N–H and O–H groups in total. The second-order valence-corrected chi connectivity index (χ2v) is 7.89. The second kappa shape index (κ2) is 8.93. The van der Waals surface area contributed by atoms with E-state index in [0.29, 0.717) is 18.7 Å². The lowest BCUT2D eigenvalue weighted by Crippen LogP contribution is -2.55. The lowest BCUT2D eigenvalue weighted by atomic mass is 9.91. The maximum absolute atomic E-state index is 12.1. The average molecular weight is 367 g/mol. The average Bonchev–Trinajstić information content (AvgIpc) is 3.14. The van der Waals surface area contributed by atoms with Crippen LogP contribution < -0.4 is 5.73 Å². The maximum Gasteiger partial charge on any atom is 0.409 e. The number of nitrogens with zero attached hydrogens (tertiary/aromatic N) is 3. The van der Waals surface area contributed by atoms with Crippen LogP contribution in [0, 0.1) is 0 Å². The van der Waals surface area contributed by atoms with Crippen molar-refractivity contribution in [3.63, 3.8) is 0 Å². The van der Waals surface area contributed by atoms with Crippen LogP contribution in [-0.2, 0) is 4.74 Å². The van der Waals surface area contributed by atoms with Crippen molar-refractivity contribution in [1.29, 1.82) is 0 Å². The van der Waals surface area contributed by atoms with E-state index in [-0.39, 0.29) is 18.2 Å². The number of piperidine rings is 1. The molecule has 0 aromatic carbocycles. The molecule has 3 aliphatic rings. The van der Waals surface area contributed by atoms with Crippen molar-refractivity contribution in [3.05, 3.63) is 0 Å². The molecule has 3 rings (SSSR count). The molecular weight excluding hydrogens is 332 g/mol. The van der Waals surface area contributed by atoms with E-state index in [0.717, 1.165) is 58.3 Å². The number of ether oxygens (including phenoxy) is 1. The van der Waals surface area contributed by atoms with Gasteiger partial charge in [-0.2, -0.15) is 0 Å². The fourth-order valence-electron chi connectivity index (χ4n) is 4.97. The number of hydrogen-bond acceptors (Lipinski definition) is 4. The zero-order chi connectivity index (χ0) is 18.5. The third-order valence-corrected chi connectivity index (χ3v) is 6.32. The van der Waals surface area contributed by atoms with Gasteiger partial charge in [-0.3, -0.25) is 4.90 Å². The molecule has 2 aliphatic heterocycles. The van der Waals surface area contributed by atoms with Crippen molar-refractivity contribution >= 4 is 12.1 Å². The summed E-state index contributed by atoms with van der Waals surface area (Å²) in [5.74, 6) is 0. The van der Waals surface area contributed by atoms with Crippen LogP contribution in [0.2, 0.25) is 0 Å². The summed E-state index contributed by atoms with van der Waals surface area (Å²) in [5.41, 5.74) is 5.75. The highest BCUT2D eigenvalue weighted by molar-refractivity contribution is 5.72. The number of amides is 3. The highest BCUT2D eigenvalue weighted by Gasteiger charge is 2.36. The Morgan fingerprint density at radius 2 is 1.65 bits per heavy atom. The molecule has 1 atom stereocenters. The van der Waals surface area contributed by atoms with Gasteiger partial charge in [0.2, 0.25) is 0 Å². The van der Waals surface area contributed by atoms with Crippen LogP contribution in [0.4, 0.5) is 9.59 Å². The molecule has 7 heteroatoms. The van der Waals surface area contributed by atoms with Crippen molar-refractivity contribution in [1.82, 2.24) is 14.7 Å². The summed E-state index contributed by atoms with van der Waals surface area (Å²) in [6.45, 7) is 5.75. The summed E-state index contributed by atoms with van der Waals surface area (Å²) in [6.07, 6.45) is 8.66. The number of primary amides is 1. The highest BCUT2D eigenvalue weighted by Crippen LogP contribution is 2.29. The lowest BCUT2D eigenvalue weighted by molar-refractivity contribution is 0.0688. The molecular formula is C19H34N4O3. The Labute approximate surface area is 156 Å². The number of likely N-dealkylation sites (tertiary alicyclic amines) is 2. The molecule has 0 aromatic heterocycles. The molecule has 2 heterocycles. The van der Waals surface area contributed by atoms with Gasteiger partial charge in [0.25, 0.3) is 0 Å². The standard InChI is InChI=1S/C19H34N4O3/c1-2-26-19(25)22-13-10-17(14-22)21-11-8-16(9-12-21)23(18(20)24)15-6-4-3-5-7-15/h15-17H,2-14H2,1H3,(H2,20,24). The summed E-state index contributed by atoms with van der Waals surface area (Å²) >= 11 is 0. The van der Waals surface area contributed by atoms with Gasteiger partial charge in [0.15, 0.2) is 0 Å². The van der Waals surface area contributed by atoms with Crippen molar-refractivity contribution in [2.75, 3.05) is 32.8 Å². The SMILES string of the molecule is CCOC(=O)N1CCC(N2CCC(N(C(N)=O)C3CCCCC3)CC2)C1. The van der Waals surface area contributed by atoms with Gasteiger partial charge in [-0.25, -0.2) is 9.59 Å². The maximum atomic E-state index is 12.1. The van der Waals surface area contributed by atoms with Crippen molar-refractivity contribution in [2.45, 2.75) is 76.4 Å². The summed E-state index contributed by atoms with van der Waals surface area (Å²) in [5, 5.41) is 0. The van der Waals surface area contributed by atoms with Crippen molar-refractivity contribution in [2.24, 2.45) is 5.73 Å². The first-order chi connectivity index (χ1) is 12.6. The predicted molar refractivity (Wildman–Crippen MR) is 99.9 cm³/mol. The summed E-state index contributed by atoms with van der Waals surface area (Å²) < 4.78 is 5.11. The van der Waals surface area contributed by atoms with Gasteiger partial charge in [-0.05, 0) is 39.0 Å². The van der Waals surface area contributed by atoms with Gasteiger partial charge in [0.05, 0.1) is 6.61 Å². The van der Waals surface area contributed by atoms with E-state index in [1.807, 2.05) is 16.7 Å². The van der Waals surface area contributed by atoms with Gasteiger partial charge in [0.1, 0.15) is 0 Å². The second-order valence-electron chi connectivity index (χ2n) is 7.89. The minimum atomic E-state index is -0.246. The van der Waals surface area contributed by atoms with Crippen molar-refractivity contribution < 1.29 is 14.3 Å². The third-order valence-electron chi connectivity index (χ3n) is 6.32. The van der Waals surface area contributed by atoms with Gasteiger partial charge >= 0.3 is 12.1 Å². The number of hydrogen-bond donors (Lipinski definition) is 1. The van der Waals surface area contributed by atoms with Gasteiger partial charge in [-0.1, -0.05) is 19.3 Å². The topological polar surface area (TPSA) is 79.1 Å². The van der Waals surface area contributed by atoms with E-state index >= 15 is 0 Å². The number of urea groups is 1. The molecule has 3 fully saturated rings. The summed E-state index contributed by atoms with van der Waals surface area (Å²) in [7, 11) is 0. The van der Waals surface area contributed by atoms with Gasteiger partial charge in [0, 0.05) is 44.3 Å². The van der Waals surface area contributed by atoms with Crippen LogP contribution in [-0.4, -0.2) is 77.7 Å². The molecule has 3 amide bonds. The molecule has 2 saturated heterocycles. The number of nitrogens with two attached hydrogens (primary N) is 1. The smallest absolute Gasteiger partial charge is 0.409 e. The molecule has 0 aromatic rings. The van der Waals surface area contributed by atoms with Crippen LogP contribution in [0.1, 0.15) is 58.3 Å². The van der Waals surface area contributed by atoms with Crippen LogP contribution >= 0.6 is 0 Å². The fourth-order valence-corrected chi connectivity index (χ4v) is 4.97. The number of carbonyl (C=O) groups excluding carboxylic acids is 2. The zero-order valence-electron chi connectivity index (χ0n) is 16.1. The fraction of sp³-hybridized carbons (Fsp3) is 0.895. The zero-order valence-corrected chi connectivity index (χ0v) is 16.1. The normalized spacial score (nSPS) is 26.0. The first-order valence-electron chi connectivity index (χ1n) is 10.3. The van der Waals surface area contributed by atoms with E-state index in [4.69, 9.17) is 10.5 Å². The highest BCUT2D eigenvalue weighted by atomic mass is 16.6. The first kappa shape index (κ1) is 19.3.